The molecule has 0 aromatic carbocycles. The van der Waals surface area contributed by atoms with Gasteiger partial charge in [-0.3, -0.25) is 4.57 Å². The van der Waals surface area contributed by atoms with Crippen LogP contribution in [0.5, 0.6) is 0 Å². The zero-order valence-electron chi connectivity index (χ0n) is 9.70. The quantitative estimate of drug-likeness (QED) is 0.276. The summed E-state index contributed by atoms with van der Waals surface area (Å²) in [6.07, 6.45) is -3.45. The molecule has 0 radical (unpaired) electrons. The van der Waals surface area contributed by atoms with Crippen molar-refractivity contribution in [1.82, 2.24) is 9.55 Å². The van der Waals surface area contributed by atoms with E-state index in [-0.39, 0.29) is 5.82 Å². The van der Waals surface area contributed by atoms with Gasteiger partial charge in [-0.1, -0.05) is 5.22 Å². The molecule has 4 atom stereocenters. The van der Waals surface area contributed by atoms with Crippen LogP contribution in [0.3, 0.4) is 0 Å². The Balaban J connectivity index is 2.30. The topological polar surface area (TPSA) is 156 Å². The van der Waals surface area contributed by atoms with Gasteiger partial charge in [-0.2, -0.15) is 4.98 Å². The molecule has 1 aromatic heterocycles. The Morgan fingerprint density at radius 1 is 1.47 bits per heavy atom. The molecular formula is C9H13N5O5. The summed E-state index contributed by atoms with van der Waals surface area (Å²) in [4.78, 5) is 15.3. The molecule has 0 aliphatic carbocycles. The van der Waals surface area contributed by atoms with Crippen LogP contribution in [-0.4, -0.2) is 49.8 Å². The van der Waals surface area contributed by atoms with E-state index in [9.17, 15) is 15.0 Å². The van der Waals surface area contributed by atoms with Crippen molar-refractivity contribution in [3.8, 4) is 0 Å². The van der Waals surface area contributed by atoms with Crippen molar-refractivity contribution in [3.05, 3.63) is 22.7 Å². The lowest BCUT2D eigenvalue weighted by Crippen LogP contribution is -2.35. The fraction of sp³-hybridized carbons (Fsp3) is 0.556. The summed E-state index contributed by atoms with van der Waals surface area (Å²) in [6.45, 7) is -0.476. The summed E-state index contributed by atoms with van der Waals surface area (Å²) in [6, 6.07) is 1.34. The lowest BCUT2D eigenvalue weighted by Gasteiger charge is -2.16. The van der Waals surface area contributed by atoms with Crippen LogP contribution in [-0.2, 0) is 4.74 Å². The molecule has 19 heavy (non-hydrogen) atoms. The molecule has 0 amide bonds. The van der Waals surface area contributed by atoms with Crippen molar-refractivity contribution in [2.75, 3.05) is 6.61 Å². The van der Waals surface area contributed by atoms with E-state index in [0.29, 0.717) is 0 Å². The standard InChI is InChI=1S/C9H13N5O5/c10-13-12-5-1-2-14(9(18)11-5)8-7(17)6(16)4(3-15)19-8/h1-2,4,6-8,15-17H,3H2,(H2,10,11,12,18)/t4-,6-,7-,8-/m1/s1. The van der Waals surface area contributed by atoms with Crippen LogP contribution in [0.4, 0.5) is 5.82 Å². The third-order valence-corrected chi connectivity index (χ3v) is 2.77. The van der Waals surface area contributed by atoms with Crippen LogP contribution in [0.25, 0.3) is 0 Å². The molecule has 0 spiro atoms. The van der Waals surface area contributed by atoms with Gasteiger partial charge in [0.05, 0.1) is 6.61 Å². The number of nitrogens with two attached hydrogens (primary N) is 1. The van der Waals surface area contributed by atoms with Crippen molar-refractivity contribution in [1.29, 1.82) is 0 Å². The van der Waals surface area contributed by atoms with E-state index < -0.39 is 36.8 Å². The molecule has 1 aromatic rings. The zero-order chi connectivity index (χ0) is 14.0. The molecule has 2 rings (SSSR count). The molecule has 5 N–H and O–H groups in total. The van der Waals surface area contributed by atoms with Crippen molar-refractivity contribution in [3.63, 3.8) is 0 Å². The minimum Gasteiger partial charge on any atom is -0.394 e. The second-order valence-electron chi connectivity index (χ2n) is 3.92. The molecule has 1 aliphatic heterocycles. The molecule has 0 bridgehead atoms. The first kappa shape index (κ1) is 13.5. The van der Waals surface area contributed by atoms with Crippen LogP contribution in [0.1, 0.15) is 6.23 Å². The minimum absolute atomic E-state index is 0.00972. The number of aliphatic hydroxyl groups is 3. The predicted molar refractivity (Wildman–Crippen MR) is 60.2 cm³/mol. The van der Waals surface area contributed by atoms with E-state index in [1.165, 1.54) is 12.3 Å². The Hall–Kier alpha value is -1.88. The van der Waals surface area contributed by atoms with Gasteiger partial charge < -0.3 is 25.9 Å². The van der Waals surface area contributed by atoms with Crippen molar-refractivity contribution < 1.29 is 20.1 Å². The SMILES string of the molecule is NN=Nc1ccn([C@@H]2O[C@H](CO)[C@@H](O)[C@H]2O)c(=O)n1. The first-order chi connectivity index (χ1) is 9.08. The van der Waals surface area contributed by atoms with Crippen molar-refractivity contribution >= 4 is 5.82 Å². The van der Waals surface area contributed by atoms with Crippen molar-refractivity contribution in [2.45, 2.75) is 24.5 Å². The van der Waals surface area contributed by atoms with Gasteiger partial charge in [-0.05, 0) is 0 Å². The molecule has 10 nitrogen and oxygen atoms in total. The van der Waals surface area contributed by atoms with Gasteiger partial charge in [0, 0.05) is 12.3 Å². The van der Waals surface area contributed by atoms with Crippen LogP contribution in [0, 0.1) is 0 Å². The highest BCUT2D eigenvalue weighted by molar-refractivity contribution is 5.22. The molecule has 0 saturated carbocycles. The number of nitrogens with zero attached hydrogens (tertiary/aromatic N) is 4. The molecule has 1 aliphatic rings. The molecule has 104 valence electrons. The van der Waals surface area contributed by atoms with Crippen molar-refractivity contribution in [2.24, 2.45) is 16.2 Å². The third-order valence-electron chi connectivity index (χ3n) is 2.77. The van der Waals surface area contributed by atoms with Crippen LogP contribution < -0.4 is 11.5 Å². The Labute approximate surface area is 106 Å². The Bertz CT molecular complexity index is 532. The highest BCUT2D eigenvalue weighted by Crippen LogP contribution is 2.28. The highest BCUT2D eigenvalue weighted by atomic mass is 16.6. The summed E-state index contributed by atoms with van der Waals surface area (Å²) >= 11 is 0. The summed E-state index contributed by atoms with van der Waals surface area (Å²) in [7, 11) is 0. The Morgan fingerprint density at radius 3 is 2.74 bits per heavy atom. The maximum Gasteiger partial charge on any atom is 0.351 e. The van der Waals surface area contributed by atoms with E-state index in [0.717, 1.165) is 4.57 Å². The van der Waals surface area contributed by atoms with Gasteiger partial charge >= 0.3 is 5.69 Å². The summed E-state index contributed by atoms with van der Waals surface area (Å²) in [5.41, 5.74) is -0.750. The van der Waals surface area contributed by atoms with Crippen LogP contribution >= 0.6 is 0 Å². The fourth-order valence-electron chi connectivity index (χ4n) is 1.82. The van der Waals surface area contributed by atoms with E-state index >= 15 is 0 Å². The molecule has 1 fully saturated rings. The average molecular weight is 271 g/mol. The summed E-state index contributed by atoms with van der Waals surface area (Å²) < 4.78 is 6.18. The van der Waals surface area contributed by atoms with Crippen LogP contribution in [0.2, 0.25) is 0 Å². The molecule has 2 heterocycles. The Morgan fingerprint density at radius 2 is 2.21 bits per heavy atom. The average Bonchev–Trinajstić information content (AvgIpc) is 2.67. The number of aromatic nitrogens is 2. The lowest BCUT2D eigenvalue weighted by atomic mass is 10.1. The third kappa shape index (κ3) is 2.46. The molecule has 10 heteroatoms. The second-order valence-corrected chi connectivity index (χ2v) is 3.92. The molecular weight excluding hydrogens is 258 g/mol. The van der Waals surface area contributed by atoms with Gasteiger partial charge in [0.15, 0.2) is 12.0 Å². The number of rotatable bonds is 3. The van der Waals surface area contributed by atoms with Gasteiger partial charge in [0.25, 0.3) is 0 Å². The monoisotopic (exact) mass is 271 g/mol. The summed E-state index contributed by atoms with van der Waals surface area (Å²) in [5, 5.41) is 34.7. The number of hydrogen-bond donors (Lipinski definition) is 4. The molecule has 1 saturated heterocycles. The maximum atomic E-state index is 11.7. The van der Waals surface area contributed by atoms with Gasteiger partial charge in [0.1, 0.15) is 18.3 Å². The van der Waals surface area contributed by atoms with E-state index in [1.807, 2.05) is 0 Å². The van der Waals surface area contributed by atoms with E-state index in [4.69, 9.17) is 15.7 Å². The highest BCUT2D eigenvalue weighted by Gasteiger charge is 2.43. The van der Waals surface area contributed by atoms with Gasteiger partial charge in [-0.25, -0.2) is 4.79 Å². The van der Waals surface area contributed by atoms with E-state index in [2.05, 4.69) is 15.3 Å². The number of ether oxygens (including phenoxy) is 1. The minimum atomic E-state index is -1.35. The van der Waals surface area contributed by atoms with E-state index in [1.54, 1.807) is 0 Å². The molecule has 0 unspecified atom stereocenters. The van der Waals surface area contributed by atoms with Crippen LogP contribution in [0.15, 0.2) is 27.4 Å². The smallest absolute Gasteiger partial charge is 0.351 e. The number of hydrogen-bond acceptors (Lipinski definition) is 8. The lowest BCUT2D eigenvalue weighted by molar-refractivity contribution is -0.0549. The normalized spacial score (nSPS) is 31.1. The second kappa shape index (κ2) is 5.40. The first-order valence-electron chi connectivity index (χ1n) is 5.41. The zero-order valence-corrected chi connectivity index (χ0v) is 9.70. The maximum absolute atomic E-state index is 11.7. The fourth-order valence-corrected chi connectivity index (χ4v) is 1.82. The largest absolute Gasteiger partial charge is 0.394 e. The summed E-state index contributed by atoms with van der Waals surface area (Å²) in [5.74, 6) is 4.84. The van der Waals surface area contributed by atoms with Gasteiger partial charge in [0.2, 0.25) is 0 Å². The first-order valence-corrected chi connectivity index (χ1v) is 5.41. The predicted octanol–water partition coefficient (Wildman–Crippen LogP) is -2.19. The van der Waals surface area contributed by atoms with Gasteiger partial charge in [-0.15, -0.1) is 5.11 Å². The number of aliphatic hydroxyl groups excluding tert-OH is 3. The Kier molecular flexibility index (Phi) is 3.85.